The van der Waals surface area contributed by atoms with Crippen LogP contribution >= 0.6 is 11.8 Å². The number of thioether (sulfide) groups is 1. The van der Waals surface area contributed by atoms with Gasteiger partial charge >= 0.3 is 0 Å². The molecule has 2 N–H and O–H groups in total. The third-order valence-corrected chi connectivity index (χ3v) is 3.39. The van der Waals surface area contributed by atoms with E-state index in [0.29, 0.717) is 16.5 Å². The maximum Gasteiger partial charge on any atom is 0.180 e. The van der Waals surface area contributed by atoms with Gasteiger partial charge in [0.05, 0.1) is 6.21 Å². The summed E-state index contributed by atoms with van der Waals surface area (Å²) in [6, 6.07) is 13.3. The smallest absolute Gasteiger partial charge is 0.180 e. The Bertz CT molecular complexity index is 657. The van der Waals surface area contributed by atoms with E-state index >= 15 is 0 Å². The van der Waals surface area contributed by atoms with Gasteiger partial charge < -0.3 is 5.73 Å². The molecule has 0 aliphatic carbocycles. The first-order chi connectivity index (χ1) is 10.1. The van der Waals surface area contributed by atoms with Crippen molar-refractivity contribution in [2.75, 3.05) is 0 Å². The molecule has 0 radical (unpaired) electrons. The molecule has 0 saturated carbocycles. The summed E-state index contributed by atoms with van der Waals surface area (Å²) >= 11 is 1.35. The van der Waals surface area contributed by atoms with Gasteiger partial charge in [0.15, 0.2) is 16.8 Å². The number of hydrogen-bond acceptors (Lipinski definition) is 3. The van der Waals surface area contributed by atoms with Crippen molar-refractivity contribution in [1.82, 2.24) is 0 Å². The van der Waals surface area contributed by atoms with Crippen molar-refractivity contribution in [3.63, 3.8) is 0 Å². The van der Waals surface area contributed by atoms with Gasteiger partial charge in [-0.15, -0.1) is 5.10 Å². The van der Waals surface area contributed by atoms with E-state index in [1.165, 1.54) is 24.0 Å². The van der Waals surface area contributed by atoms with Crippen LogP contribution in [0.4, 0.5) is 8.78 Å². The zero-order chi connectivity index (χ0) is 15.1. The number of amidine groups is 1. The summed E-state index contributed by atoms with van der Waals surface area (Å²) in [4.78, 5) is 0. The van der Waals surface area contributed by atoms with Crippen LogP contribution in [0, 0.1) is 11.6 Å². The van der Waals surface area contributed by atoms with Gasteiger partial charge in [0.25, 0.3) is 0 Å². The molecule has 0 unspecified atom stereocenters. The molecule has 3 nitrogen and oxygen atoms in total. The minimum atomic E-state index is -0.922. The molecule has 2 rings (SSSR count). The van der Waals surface area contributed by atoms with Gasteiger partial charge in [0.1, 0.15) is 0 Å². The lowest BCUT2D eigenvalue weighted by Gasteiger charge is -1.99. The van der Waals surface area contributed by atoms with Crippen molar-refractivity contribution < 1.29 is 8.78 Å². The Balaban J connectivity index is 1.90. The van der Waals surface area contributed by atoms with E-state index < -0.39 is 11.6 Å². The van der Waals surface area contributed by atoms with Crippen LogP contribution in [0.3, 0.4) is 0 Å². The Morgan fingerprint density at radius 3 is 2.57 bits per heavy atom. The monoisotopic (exact) mass is 305 g/mol. The topological polar surface area (TPSA) is 50.7 Å². The van der Waals surface area contributed by atoms with E-state index in [-0.39, 0.29) is 0 Å². The van der Waals surface area contributed by atoms with E-state index in [4.69, 9.17) is 5.73 Å². The molecule has 0 aliphatic heterocycles. The minimum absolute atomic E-state index is 0.303. The highest BCUT2D eigenvalue weighted by molar-refractivity contribution is 8.13. The van der Waals surface area contributed by atoms with Crippen molar-refractivity contribution in [3.8, 4) is 0 Å². The number of rotatable bonds is 4. The predicted molar refractivity (Wildman–Crippen MR) is 83.3 cm³/mol. The lowest BCUT2D eigenvalue weighted by molar-refractivity contribution is 0.508. The van der Waals surface area contributed by atoms with Crippen LogP contribution in [-0.4, -0.2) is 11.4 Å². The van der Waals surface area contributed by atoms with Crippen LogP contribution in [0.5, 0.6) is 0 Å². The molecular formula is C15H13F2N3S. The molecule has 0 bridgehead atoms. The van der Waals surface area contributed by atoms with Gasteiger partial charge in [-0.1, -0.05) is 48.2 Å². The number of nitrogens with two attached hydrogens (primary N) is 1. The molecule has 0 atom stereocenters. The third kappa shape index (κ3) is 5.00. The maximum atomic E-state index is 13.0. The van der Waals surface area contributed by atoms with Crippen LogP contribution in [0.2, 0.25) is 0 Å². The summed E-state index contributed by atoms with van der Waals surface area (Å²) in [5, 5.41) is 7.85. The standard InChI is InChI=1S/C15H13F2N3S/c16-13-7-6-12(8-14(13)17)9-19-20-15(18)21-10-11-4-2-1-3-5-11/h1-9H,10H2,(H2,18,20). The number of halogens is 2. The molecule has 108 valence electrons. The molecule has 0 amide bonds. The second-order valence-corrected chi connectivity index (χ2v) is 5.13. The summed E-state index contributed by atoms with van der Waals surface area (Å²) in [6.45, 7) is 0. The molecule has 6 heteroatoms. The van der Waals surface area contributed by atoms with Crippen molar-refractivity contribution in [1.29, 1.82) is 0 Å². The van der Waals surface area contributed by atoms with Crippen molar-refractivity contribution in [2.45, 2.75) is 5.75 Å². The van der Waals surface area contributed by atoms with Crippen LogP contribution < -0.4 is 5.73 Å². The lowest BCUT2D eigenvalue weighted by atomic mass is 10.2. The van der Waals surface area contributed by atoms with E-state index in [1.54, 1.807) is 0 Å². The molecular weight excluding hydrogens is 292 g/mol. The predicted octanol–water partition coefficient (Wildman–Crippen LogP) is 3.55. The first kappa shape index (κ1) is 15.2. The number of nitrogens with zero attached hydrogens (tertiary/aromatic N) is 2. The summed E-state index contributed by atoms with van der Waals surface area (Å²) < 4.78 is 25.7. The summed E-state index contributed by atoms with van der Waals surface area (Å²) in [6.07, 6.45) is 1.32. The summed E-state index contributed by atoms with van der Waals surface area (Å²) in [7, 11) is 0. The van der Waals surface area contributed by atoms with Gasteiger partial charge in [-0.25, -0.2) is 8.78 Å². The van der Waals surface area contributed by atoms with Crippen molar-refractivity contribution in [2.24, 2.45) is 15.9 Å². The number of benzene rings is 2. The molecule has 0 saturated heterocycles. The molecule has 2 aromatic rings. The second-order valence-electron chi connectivity index (χ2n) is 4.13. The fraction of sp³-hybridized carbons (Fsp3) is 0.0667. The quantitative estimate of drug-likeness (QED) is 0.533. The maximum absolute atomic E-state index is 13.0. The SMILES string of the molecule is NC(=NN=Cc1ccc(F)c(F)c1)SCc1ccccc1. The molecule has 0 heterocycles. The van der Waals surface area contributed by atoms with Crippen LogP contribution in [0.1, 0.15) is 11.1 Å². The van der Waals surface area contributed by atoms with Crippen LogP contribution in [-0.2, 0) is 5.75 Å². The number of hydrogen-bond donors (Lipinski definition) is 1. The van der Waals surface area contributed by atoms with E-state index in [9.17, 15) is 8.78 Å². The van der Waals surface area contributed by atoms with E-state index in [2.05, 4.69) is 10.2 Å². The molecule has 0 fully saturated rings. The van der Waals surface area contributed by atoms with E-state index in [1.807, 2.05) is 30.3 Å². The fourth-order valence-corrected chi connectivity index (χ4v) is 2.12. The summed E-state index contributed by atoms with van der Waals surface area (Å²) in [5.41, 5.74) is 7.25. The molecule has 21 heavy (non-hydrogen) atoms. The lowest BCUT2D eigenvalue weighted by Crippen LogP contribution is -2.06. The highest BCUT2D eigenvalue weighted by Gasteiger charge is 2.00. The zero-order valence-corrected chi connectivity index (χ0v) is 11.9. The van der Waals surface area contributed by atoms with Crippen molar-refractivity contribution in [3.05, 3.63) is 71.3 Å². The average Bonchev–Trinajstić information content (AvgIpc) is 2.50. The average molecular weight is 305 g/mol. The van der Waals surface area contributed by atoms with E-state index in [0.717, 1.165) is 17.7 Å². The highest BCUT2D eigenvalue weighted by Crippen LogP contribution is 2.11. The largest absolute Gasteiger partial charge is 0.377 e. The highest BCUT2D eigenvalue weighted by atomic mass is 32.2. The van der Waals surface area contributed by atoms with Gasteiger partial charge in [0, 0.05) is 5.75 Å². The minimum Gasteiger partial charge on any atom is -0.377 e. The van der Waals surface area contributed by atoms with Crippen LogP contribution in [0.25, 0.3) is 0 Å². The Morgan fingerprint density at radius 2 is 1.86 bits per heavy atom. The van der Waals surface area contributed by atoms with Crippen molar-refractivity contribution >= 4 is 23.1 Å². The first-order valence-corrected chi connectivity index (χ1v) is 7.12. The Kier molecular flexibility index (Phi) is 5.45. The van der Waals surface area contributed by atoms with Gasteiger partial charge in [-0.2, -0.15) is 5.10 Å². The molecule has 0 aromatic heterocycles. The first-order valence-electron chi connectivity index (χ1n) is 6.13. The third-order valence-electron chi connectivity index (χ3n) is 2.54. The Hall–Kier alpha value is -2.21. The summed E-state index contributed by atoms with van der Waals surface area (Å²) in [5.74, 6) is -1.13. The Morgan fingerprint density at radius 1 is 1.10 bits per heavy atom. The Labute approximate surface area is 125 Å². The molecule has 2 aromatic carbocycles. The van der Waals surface area contributed by atoms with Gasteiger partial charge in [-0.05, 0) is 23.3 Å². The van der Waals surface area contributed by atoms with Crippen LogP contribution in [0.15, 0.2) is 58.7 Å². The molecule has 0 spiro atoms. The second kappa shape index (κ2) is 7.54. The molecule has 0 aliphatic rings. The van der Waals surface area contributed by atoms with Gasteiger partial charge in [-0.3, -0.25) is 0 Å². The fourth-order valence-electron chi connectivity index (χ4n) is 1.51. The normalized spacial score (nSPS) is 12.0. The van der Waals surface area contributed by atoms with Gasteiger partial charge in [0.2, 0.25) is 0 Å². The zero-order valence-electron chi connectivity index (χ0n) is 11.0.